The number of esters is 1. The lowest BCUT2D eigenvalue weighted by molar-refractivity contribution is -0.141. The molecule has 0 bridgehead atoms. The maximum Gasteiger partial charge on any atom is 0.416 e. The third kappa shape index (κ3) is 4.20. The summed E-state index contributed by atoms with van der Waals surface area (Å²) >= 11 is 1.33. The minimum atomic E-state index is -0.804. The normalized spacial score (nSPS) is 12.7. The first-order valence-corrected chi connectivity index (χ1v) is 6.69. The average Bonchev–Trinajstić information content (AvgIpc) is 2.79. The molecular weight excluding hydrogens is 268 g/mol. The summed E-state index contributed by atoms with van der Waals surface area (Å²) in [6.45, 7) is 6.84. The van der Waals surface area contributed by atoms with E-state index in [0.29, 0.717) is 5.82 Å². The van der Waals surface area contributed by atoms with E-state index in [9.17, 15) is 9.59 Å². The quantitative estimate of drug-likeness (QED) is 0.798. The molecule has 0 spiro atoms. The number of nitrogens with zero attached hydrogens (tertiary/aromatic N) is 2. The van der Waals surface area contributed by atoms with Crippen LogP contribution in [0.3, 0.4) is 0 Å². The molecule has 0 radical (unpaired) electrons. The Balaban J connectivity index is 3.00. The van der Waals surface area contributed by atoms with Crippen molar-refractivity contribution < 1.29 is 19.1 Å². The third-order valence-electron chi connectivity index (χ3n) is 2.19. The molecule has 1 aromatic rings. The summed E-state index contributed by atoms with van der Waals surface area (Å²) in [5.74, 6) is -0.156. The highest BCUT2D eigenvalue weighted by Gasteiger charge is 2.32. The third-order valence-corrected chi connectivity index (χ3v) is 2.76. The zero-order valence-corrected chi connectivity index (χ0v) is 12.5. The molecule has 0 saturated carbocycles. The second-order valence-corrected chi connectivity index (χ2v) is 5.61. The van der Waals surface area contributed by atoms with Gasteiger partial charge in [-0.05, 0) is 27.7 Å². The van der Waals surface area contributed by atoms with Crippen molar-refractivity contribution in [3.8, 4) is 0 Å². The molecule has 0 aromatic carbocycles. The first-order chi connectivity index (χ1) is 8.76. The number of rotatable bonds is 3. The van der Waals surface area contributed by atoms with Crippen LogP contribution in [0.4, 0.5) is 10.6 Å². The summed E-state index contributed by atoms with van der Waals surface area (Å²) in [5.41, 5.74) is 0.928. The van der Waals surface area contributed by atoms with E-state index < -0.39 is 23.7 Å². The molecule has 0 unspecified atom stereocenters. The maximum absolute atomic E-state index is 12.2. The number of aromatic nitrogens is 1. The van der Waals surface area contributed by atoms with E-state index in [1.165, 1.54) is 23.3 Å². The first kappa shape index (κ1) is 15.4. The second kappa shape index (κ2) is 6.01. The van der Waals surface area contributed by atoms with Crippen molar-refractivity contribution in [2.45, 2.75) is 39.3 Å². The zero-order chi connectivity index (χ0) is 14.6. The molecule has 1 rings (SSSR count). The monoisotopic (exact) mass is 286 g/mol. The molecule has 0 N–H and O–H groups in total. The lowest BCUT2D eigenvalue weighted by Crippen LogP contribution is -2.46. The van der Waals surface area contributed by atoms with Crippen LogP contribution >= 0.6 is 11.3 Å². The number of carbonyl (C=O) groups excluding carboxylic acids is 2. The zero-order valence-electron chi connectivity index (χ0n) is 11.7. The van der Waals surface area contributed by atoms with Gasteiger partial charge in [0.05, 0.1) is 12.6 Å². The summed E-state index contributed by atoms with van der Waals surface area (Å²) in [6.07, 6.45) is -0.628. The van der Waals surface area contributed by atoms with Crippen molar-refractivity contribution >= 4 is 29.2 Å². The molecule has 6 nitrogen and oxygen atoms in total. The molecule has 0 fully saturated rings. The molecule has 0 aliphatic carbocycles. The number of hydrogen-bond donors (Lipinski definition) is 0. The molecule has 1 amide bonds. The second-order valence-electron chi connectivity index (χ2n) is 4.90. The van der Waals surface area contributed by atoms with E-state index in [-0.39, 0.29) is 0 Å². The molecule has 19 heavy (non-hydrogen) atoms. The fraction of sp³-hybridized carbons (Fsp3) is 0.583. The lowest BCUT2D eigenvalue weighted by atomic mass is 10.2. The van der Waals surface area contributed by atoms with Crippen molar-refractivity contribution in [2.75, 3.05) is 12.0 Å². The van der Waals surface area contributed by atoms with Gasteiger partial charge in [-0.1, -0.05) is 0 Å². The Labute approximate surface area is 116 Å². The highest BCUT2D eigenvalue weighted by molar-refractivity contribution is 7.07. The van der Waals surface area contributed by atoms with Gasteiger partial charge >= 0.3 is 12.1 Å². The summed E-state index contributed by atoms with van der Waals surface area (Å²) in [7, 11) is 1.27. The van der Waals surface area contributed by atoms with Gasteiger partial charge in [0.15, 0.2) is 0 Å². The topological polar surface area (TPSA) is 68.7 Å². The van der Waals surface area contributed by atoms with Crippen molar-refractivity contribution in [2.24, 2.45) is 0 Å². The summed E-state index contributed by atoms with van der Waals surface area (Å²) in [5, 5.41) is 1.67. The number of ether oxygens (including phenoxy) is 2. The van der Waals surface area contributed by atoms with Crippen molar-refractivity contribution in [1.82, 2.24) is 4.98 Å². The predicted octanol–water partition coefficient (Wildman–Crippen LogP) is 2.45. The fourth-order valence-electron chi connectivity index (χ4n) is 1.36. The Bertz CT molecular complexity index is 439. The average molecular weight is 286 g/mol. The Morgan fingerprint density at radius 1 is 1.42 bits per heavy atom. The number of methoxy groups -OCH3 is 1. The molecule has 0 saturated heterocycles. The van der Waals surface area contributed by atoms with Crippen LogP contribution in [-0.4, -0.2) is 35.8 Å². The standard InChI is InChI=1S/C12H18N2O4S/c1-8(10(15)17-5)14(9-6-19-7-13-9)11(16)18-12(2,3)4/h6-8H,1-5H3/t8-/m0/s1. The minimum Gasteiger partial charge on any atom is -0.467 e. The van der Waals surface area contributed by atoms with Gasteiger partial charge in [0.2, 0.25) is 0 Å². The van der Waals surface area contributed by atoms with E-state index in [1.807, 2.05) is 0 Å². The first-order valence-electron chi connectivity index (χ1n) is 5.74. The molecule has 7 heteroatoms. The fourth-order valence-corrected chi connectivity index (χ4v) is 1.89. The van der Waals surface area contributed by atoms with E-state index in [4.69, 9.17) is 4.74 Å². The number of anilines is 1. The van der Waals surface area contributed by atoms with E-state index >= 15 is 0 Å². The summed E-state index contributed by atoms with van der Waals surface area (Å²) in [4.78, 5) is 29.0. The molecular formula is C12H18N2O4S. The number of hydrogen-bond acceptors (Lipinski definition) is 6. The predicted molar refractivity (Wildman–Crippen MR) is 72.3 cm³/mol. The number of carbonyl (C=O) groups is 2. The van der Waals surface area contributed by atoms with Crippen LogP contribution in [0.5, 0.6) is 0 Å². The van der Waals surface area contributed by atoms with E-state index in [1.54, 1.807) is 38.6 Å². The molecule has 1 aromatic heterocycles. The molecule has 106 valence electrons. The SMILES string of the molecule is COC(=O)[C@H](C)N(C(=O)OC(C)(C)C)c1cscn1. The lowest BCUT2D eigenvalue weighted by Gasteiger charge is -2.28. The van der Waals surface area contributed by atoms with Crippen molar-refractivity contribution in [3.63, 3.8) is 0 Å². The van der Waals surface area contributed by atoms with Crippen LogP contribution in [-0.2, 0) is 14.3 Å². The van der Waals surface area contributed by atoms with Gasteiger partial charge in [-0.2, -0.15) is 0 Å². The van der Waals surface area contributed by atoms with E-state index in [0.717, 1.165) is 0 Å². The summed E-state index contributed by atoms with van der Waals surface area (Å²) < 4.78 is 9.94. The van der Waals surface area contributed by atoms with Crippen LogP contribution < -0.4 is 4.90 Å². The maximum atomic E-state index is 12.2. The molecule has 1 heterocycles. The Hall–Kier alpha value is -1.63. The Kier molecular flexibility index (Phi) is 4.88. The largest absolute Gasteiger partial charge is 0.467 e. The number of thiazole rings is 1. The van der Waals surface area contributed by atoms with Crippen molar-refractivity contribution in [3.05, 3.63) is 10.9 Å². The van der Waals surface area contributed by atoms with Crippen LogP contribution in [0.25, 0.3) is 0 Å². The Morgan fingerprint density at radius 2 is 2.05 bits per heavy atom. The van der Waals surface area contributed by atoms with Gasteiger partial charge < -0.3 is 9.47 Å². The Morgan fingerprint density at radius 3 is 2.47 bits per heavy atom. The van der Waals surface area contributed by atoms with Crippen molar-refractivity contribution in [1.29, 1.82) is 0 Å². The minimum absolute atomic E-state index is 0.372. The van der Waals surface area contributed by atoms with Crippen LogP contribution in [0.2, 0.25) is 0 Å². The highest BCUT2D eigenvalue weighted by atomic mass is 32.1. The molecule has 1 atom stereocenters. The van der Waals surface area contributed by atoms with Gasteiger partial charge in [-0.15, -0.1) is 11.3 Å². The summed E-state index contributed by atoms with van der Waals surface area (Å²) in [6, 6.07) is -0.804. The van der Waals surface area contributed by atoms with Crippen LogP contribution in [0.15, 0.2) is 10.9 Å². The van der Waals surface area contributed by atoms with Gasteiger partial charge in [0, 0.05) is 5.38 Å². The van der Waals surface area contributed by atoms with Crippen LogP contribution in [0.1, 0.15) is 27.7 Å². The van der Waals surface area contributed by atoms with Gasteiger partial charge in [0.25, 0.3) is 0 Å². The van der Waals surface area contributed by atoms with Gasteiger partial charge in [-0.25, -0.2) is 19.5 Å². The number of amides is 1. The molecule has 0 aliphatic rings. The highest BCUT2D eigenvalue weighted by Crippen LogP contribution is 2.21. The smallest absolute Gasteiger partial charge is 0.416 e. The van der Waals surface area contributed by atoms with Gasteiger partial charge in [-0.3, -0.25) is 0 Å². The molecule has 0 aliphatic heterocycles. The van der Waals surface area contributed by atoms with E-state index in [2.05, 4.69) is 9.72 Å². The van der Waals surface area contributed by atoms with Crippen LogP contribution in [0, 0.1) is 0 Å². The van der Waals surface area contributed by atoms with Gasteiger partial charge in [0.1, 0.15) is 17.5 Å².